The second kappa shape index (κ2) is 5.80. The molecule has 3 nitrogen and oxygen atoms in total. The Morgan fingerprint density at radius 1 is 1.28 bits per heavy atom. The molecule has 1 saturated heterocycles. The highest BCUT2D eigenvalue weighted by Gasteiger charge is 2.36. The number of rotatable bonds is 4. The maximum atomic E-state index is 11.6. The molecule has 0 N–H and O–H groups in total. The minimum absolute atomic E-state index is 0.243. The van der Waals surface area contributed by atoms with Gasteiger partial charge in [0, 0.05) is 17.9 Å². The van der Waals surface area contributed by atoms with Crippen LogP contribution in [0.25, 0.3) is 0 Å². The number of hydrogen-bond donors (Lipinski definition) is 0. The van der Waals surface area contributed by atoms with Crippen molar-refractivity contribution in [2.75, 3.05) is 30.4 Å². The van der Waals surface area contributed by atoms with E-state index in [0.717, 1.165) is 18.3 Å². The molecule has 0 spiro atoms. The van der Waals surface area contributed by atoms with Crippen LogP contribution in [-0.4, -0.2) is 49.8 Å². The van der Waals surface area contributed by atoms with Crippen molar-refractivity contribution >= 4 is 25.8 Å². The van der Waals surface area contributed by atoms with Gasteiger partial charge in [-0.05, 0) is 31.7 Å². The lowest BCUT2D eigenvalue weighted by Crippen LogP contribution is -2.43. The van der Waals surface area contributed by atoms with E-state index in [2.05, 4.69) is 27.9 Å². The predicted molar refractivity (Wildman–Crippen MR) is 79.0 cm³/mol. The summed E-state index contributed by atoms with van der Waals surface area (Å²) >= 11 is 3.68. The lowest BCUT2D eigenvalue weighted by Gasteiger charge is -2.40. The molecule has 18 heavy (non-hydrogen) atoms. The smallest absolute Gasteiger partial charge is 0.151 e. The highest BCUT2D eigenvalue weighted by Crippen LogP contribution is 2.39. The molecule has 0 bridgehead atoms. The van der Waals surface area contributed by atoms with E-state index in [0.29, 0.717) is 16.9 Å². The molecule has 1 atom stereocenters. The van der Waals surface area contributed by atoms with Crippen molar-refractivity contribution < 1.29 is 8.42 Å². The van der Waals surface area contributed by atoms with Gasteiger partial charge in [0.05, 0.1) is 11.5 Å². The van der Waals surface area contributed by atoms with Crippen molar-refractivity contribution in [2.45, 2.75) is 44.6 Å². The summed E-state index contributed by atoms with van der Waals surface area (Å²) in [5.41, 5.74) is 0.374. The van der Waals surface area contributed by atoms with Gasteiger partial charge in [-0.2, -0.15) is 0 Å². The average Bonchev–Trinajstić information content (AvgIpc) is 2.71. The van der Waals surface area contributed by atoms with Gasteiger partial charge in [-0.3, -0.25) is 0 Å². The third-order valence-electron chi connectivity index (χ3n) is 4.61. The van der Waals surface area contributed by atoms with Gasteiger partial charge in [0.1, 0.15) is 0 Å². The molecule has 2 aliphatic rings. The van der Waals surface area contributed by atoms with Crippen LogP contribution >= 0.6 is 15.9 Å². The van der Waals surface area contributed by atoms with E-state index < -0.39 is 9.84 Å². The fourth-order valence-corrected chi connectivity index (χ4v) is 5.96. The number of hydrogen-bond acceptors (Lipinski definition) is 3. The first-order valence-corrected chi connectivity index (χ1v) is 9.87. The Morgan fingerprint density at radius 2 is 1.94 bits per heavy atom. The average molecular weight is 338 g/mol. The van der Waals surface area contributed by atoms with Gasteiger partial charge < -0.3 is 4.90 Å². The largest absolute Gasteiger partial charge is 0.302 e. The van der Waals surface area contributed by atoms with Crippen molar-refractivity contribution in [3.63, 3.8) is 0 Å². The lowest BCUT2D eigenvalue weighted by atomic mass is 9.75. The highest BCUT2D eigenvalue weighted by molar-refractivity contribution is 9.09. The van der Waals surface area contributed by atoms with E-state index in [4.69, 9.17) is 0 Å². The van der Waals surface area contributed by atoms with Crippen molar-refractivity contribution in [3.05, 3.63) is 0 Å². The molecule has 0 aromatic carbocycles. The number of nitrogens with zero attached hydrogens (tertiary/aromatic N) is 1. The Morgan fingerprint density at radius 3 is 2.44 bits per heavy atom. The Labute approximate surface area is 119 Å². The van der Waals surface area contributed by atoms with Gasteiger partial charge in [-0.1, -0.05) is 35.2 Å². The maximum Gasteiger partial charge on any atom is 0.151 e. The number of halogens is 1. The van der Waals surface area contributed by atoms with E-state index in [-0.39, 0.29) is 6.04 Å². The fourth-order valence-electron chi connectivity index (χ4n) is 3.42. The normalized spacial score (nSPS) is 30.7. The van der Waals surface area contributed by atoms with Gasteiger partial charge in [-0.15, -0.1) is 0 Å². The quantitative estimate of drug-likeness (QED) is 0.739. The summed E-state index contributed by atoms with van der Waals surface area (Å²) in [6.07, 6.45) is 7.38. The third kappa shape index (κ3) is 3.48. The van der Waals surface area contributed by atoms with Gasteiger partial charge in [0.15, 0.2) is 9.84 Å². The van der Waals surface area contributed by atoms with Crippen LogP contribution in [0, 0.1) is 5.41 Å². The molecular formula is C13H24BrNO2S. The van der Waals surface area contributed by atoms with E-state index in [1.807, 2.05) is 0 Å². The molecule has 0 amide bonds. The molecule has 1 saturated carbocycles. The minimum Gasteiger partial charge on any atom is -0.302 e. The monoisotopic (exact) mass is 337 g/mol. The van der Waals surface area contributed by atoms with E-state index >= 15 is 0 Å². The van der Waals surface area contributed by atoms with Gasteiger partial charge >= 0.3 is 0 Å². The second-order valence-electron chi connectivity index (χ2n) is 6.17. The molecule has 2 rings (SSSR count). The number of sulfone groups is 1. The predicted octanol–water partition coefficient (Wildman–Crippen LogP) is 2.45. The van der Waals surface area contributed by atoms with Crippen molar-refractivity contribution in [2.24, 2.45) is 5.41 Å². The van der Waals surface area contributed by atoms with Crippen LogP contribution in [0.3, 0.4) is 0 Å². The molecule has 1 unspecified atom stereocenters. The molecular weight excluding hydrogens is 314 g/mol. The highest BCUT2D eigenvalue weighted by atomic mass is 79.9. The second-order valence-corrected chi connectivity index (χ2v) is 8.96. The zero-order valence-corrected chi connectivity index (χ0v) is 13.6. The fraction of sp³-hybridized carbons (Fsp3) is 1.00. The van der Waals surface area contributed by atoms with Gasteiger partial charge in [-0.25, -0.2) is 8.42 Å². The van der Waals surface area contributed by atoms with Crippen LogP contribution < -0.4 is 0 Å². The van der Waals surface area contributed by atoms with Crippen molar-refractivity contribution in [1.82, 2.24) is 4.90 Å². The van der Waals surface area contributed by atoms with Crippen LogP contribution in [0.4, 0.5) is 0 Å². The first kappa shape index (κ1) is 14.8. The Balaban J connectivity index is 1.95. The maximum absolute atomic E-state index is 11.6. The molecule has 0 aromatic rings. The summed E-state index contributed by atoms with van der Waals surface area (Å²) in [6.45, 7) is 1.04. The van der Waals surface area contributed by atoms with E-state index in [9.17, 15) is 8.42 Å². The lowest BCUT2D eigenvalue weighted by molar-refractivity contribution is 0.122. The minimum atomic E-state index is -2.76. The summed E-state index contributed by atoms with van der Waals surface area (Å²) in [5, 5.41) is 1.05. The van der Waals surface area contributed by atoms with Crippen molar-refractivity contribution in [3.8, 4) is 0 Å². The molecule has 5 heteroatoms. The van der Waals surface area contributed by atoms with Crippen molar-refractivity contribution in [1.29, 1.82) is 0 Å². The summed E-state index contributed by atoms with van der Waals surface area (Å²) in [4.78, 5) is 2.30. The summed E-state index contributed by atoms with van der Waals surface area (Å²) < 4.78 is 23.1. The third-order valence-corrected chi connectivity index (χ3v) is 7.55. The van der Waals surface area contributed by atoms with E-state index in [1.54, 1.807) is 0 Å². The first-order chi connectivity index (χ1) is 8.46. The van der Waals surface area contributed by atoms with Crippen LogP contribution in [0.1, 0.15) is 38.5 Å². The SMILES string of the molecule is CN(CC1(CBr)CCCCC1)C1CCS(=O)(=O)C1. The first-order valence-electron chi connectivity index (χ1n) is 6.93. The van der Waals surface area contributed by atoms with E-state index in [1.165, 1.54) is 32.1 Å². The molecule has 0 radical (unpaired) electrons. The van der Waals surface area contributed by atoms with Crippen LogP contribution in [0.5, 0.6) is 0 Å². The molecule has 2 fully saturated rings. The summed E-state index contributed by atoms with van der Waals surface area (Å²) in [7, 11) is -0.659. The Bertz CT molecular complexity index is 376. The summed E-state index contributed by atoms with van der Waals surface area (Å²) in [5.74, 6) is 0.741. The van der Waals surface area contributed by atoms with Crippen LogP contribution in [0.15, 0.2) is 0 Å². The van der Waals surface area contributed by atoms with Crippen LogP contribution in [0.2, 0.25) is 0 Å². The number of alkyl halides is 1. The zero-order chi connectivity index (χ0) is 13.2. The molecule has 0 aromatic heterocycles. The van der Waals surface area contributed by atoms with Gasteiger partial charge in [0.2, 0.25) is 0 Å². The molecule has 1 aliphatic carbocycles. The summed E-state index contributed by atoms with van der Waals surface area (Å²) in [6, 6.07) is 0.243. The Kier molecular flexibility index (Phi) is 4.76. The zero-order valence-electron chi connectivity index (χ0n) is 11.2. The standard InChI is InChI=1S/C13H24BrNO2S/c1-15(12-5-8-18(16,17)9-12)11-13(10-14)6-3-2-4-7-13/h12H,2-11H2,1H3. The molecule has 106 valence electrons. The topological polar surface area (TPSA) is 37.4 Å². The van der Waals surface area contributed by atoms with Crippen LogP contribution in [-0.2, 0) is 9.84 Å². The Hall–Kier alpha value is 0.390. The molecule has 1 aliphatic heterocycles. The molecule has 1 heterocycles. The van der Waals surface area contributed by atoms with Gasteiger partial charge in [0.25, 0.3) is 0 Å².